The Morgan fingerprint density at radius 1 is 1.20 bits per heavy atom. The topological polar surface area (TPSA) is 81.7 Å². The van der Waals surface area contributed by atoms with Crippen molar-refractivity contribution >= 4 is 17.7 Å². The molecule has 0 spiro atoms. The van der Waals surface area contributed by atoms with Crippen molar-refractivity contribution in [2.24, 2.45) is 5.92 Å². The zero-order chi connectivity index (χ0) is 22.5. The second kappa shape index (κ2) is 9.59. The fraction of sp³-hybridized carbons (Fsp3) is 0.571. The second-order valence-electron chi connectivity index (χ2n) is 7.56. The Morgan fingerprint density at radius 2 is 1.83 bits per heavy atom. The molecule has 1 aromatic carbocycles. The van der Waals surface area contributed by atoms with Gasteiger partial charge in [-0.3, -0.25) is 14.4 Å². The summed E-state index contributed by atoms with van der Waals surface area (Å²) in [7, 11) is 1.19. The van der Waals surface area contributed by atoms with E-state index in [1.807, 2.05) is 0 Å². The molecule has 1 N–H and O–H groups in total. The Labute approximate surface area is 173 Å². The molecule has 30 heavy (non-hydrogen) atoms. The fourth-order valence-electron chi connectivity index (χ4n) is 3.79. The number of nitrogens with one attached hydrogen (secondary N) is 1. The zero-order valence-electron chi connectivity index (χ0n) is 17.2. The van der Waals surface area contributed by atoms with Crippen molar-refractivity contribution < 1.29 is 37.0 Å². The summed E-state index contributed by atoms with van der Waals surface area (Å²) in [6.45, 7) is 3.30. The molecular formula is C21H26F3NO5. The van der Waals surface area contributed by atoms with Crippen LogP contribution in [0.4, 0.5) is 13.2 Å². The first-order valence-corrected chi connectivity index (χ1v) is 9.68. The number of methoxy groups -OCH3 is 1. The number of rotatable bonds is 8. The molecule has 9 heteroatoms. The van der Waals surface area contributed by atoms with Crippen LogP contribution in [0.1, 0.15) is 44.2 Å². The largest absolute Gasteiger partial charge is 0.469 e. The quantitative estimate of drug-likeness (QED) is 0.640. The third kappa shape index (κ3) is 5.81. The Bertz CT molecular complexity index is 770. The van der Waals surface area contributed by atoms with Crippen LogP contribution in [0.25, 0.3) is 0 Å². The third-order valence-corrected chi connectivity index (χ3v) is 5.39. The minimum Gasteiger partial charge on any atom is -0.469 e. The van der Waals surface area contributed by atoms with Gasteiger partial charge in [0.2, 0.25) is 0 Å². The zero-order valence-corrected chi connectivity index (χ0v) is 17.2. The molecule has 6 nitrogen and oxygen atoms in total. The summed E-state index contributed by atoms with van der Waals surface area (Å²) in [4.78, 5) is 36.7. The molecule has 3 unspecified atom stereocenters. The first kappa shape index (κ1) is 23.9. The Kier molecular flexibility index (Phi) is 7.63. The highest BCUT2D eigenvalue weighted by Crippen LogP contribution is 2.32. The van der Waals surface area contributed by atoms with Crippen molar-refractivity contribution in [2.75, 3.05) is 13.7 Å². The number of hydrogen-bond donors (Lipinski definition) is 1. The number of ether oxygens (including phenoxy) is 2. The van der Waals surface area contributed by atoms with E-state index in [1.54, 1.807) is 0 Å². The first-order valence-electron chi connectivity index (χ1n) is 9.68. The summed E-state index contributed by atoms with van der Waals surface area (Å²) in [6, 6.07) is 4.69. The van der Waals surface area contributed by atoms with Gasteiger partial charge in [-0.05, 0) is 50.4 Å². The van der Waals surface area contributed by atoms with E-state index in [9.17, 15) is 27.6 Å². The molecule has 0 saturated carbocycles. The average Bonchev–Trinajstić information content (AvgIpc) is 3.14. The smallest absolute Gasteiger partial charge is 0.416 e. The van der Waals surface area contributed by atoms with Crippen LogP contribution in [0.2, 0.25) is 0 Å². The fourth-order valence-corrected chi connectivity index (χ4v) is 3.79. The summed E-state index contributed by atoms with van der Waals surface area (Å²) >= 11 is 0. The van der Waals surface area contributed by atoms with Crippen LogP contribution in [-0.4, -0.2) is 43.0 Å². The number of benzene rings is 1. The van der Waals surface area contributed by atoms with Gasteiger partial charge in [-0.1, -0.05) is 12.1 Å². The van der Waals surface area contributed by atoms with Gasteiger partial charge in [-0.25, -0.2) is 0 Å². The molecule has 1 aliphatic rings. The van der Waals surface area contributed by atoms with Crippen LogP contribution in [-0.2, 0) is 36.5 Å². The minimum atomic E-state index is -4.43. The first-order chi connectivity index (χ1) is 14.0. The highest BCUT2D eigenvalue weighted by Gasteiger charge is 2.43. The number of carbonyl (C=O) groups is 3. The predicted molar refractivity (Wildman–Crippen MR) is 101 cm³/mol. The maximum atomic E-state index is 13.2. The molecule has 166 valence electrons. The van der Waals surface area contributed by atoms with Crippen molar-refractivity contribution in [1.29, 1.82) is 0 Å². The van der Waals surface area contributed by atoms with E-state index >= 15 is 0 Å². The van der Waals surface area contributed by atoms with Crippen LogP contribution in [0.5, 0.6) is 0 Å². The van der Waals surface area contributed by atoms with Gasteiger partial charge in [0.25, 0.3) is 0 Å². The molecule has 0 aliphatic carbocycles. The van der Waals surface area contributed by atoms with E-state index in [0.29, 0.717) is 18.5 Å². The SMILES string of the molecule is COC(=O)C(CC(=O)C1(Cc2ccc(C(F)(F)F)cc2)CCCN1)C(C)OC(C)=O. The van der Waals surface area contributed by atoms with E-state index in [4.69, 9.17) is 9.47 Å². The van der Waals surface area contributed by atoms with Crippen LogP contribution < -0.4 is 5.32 Å². The van der Waals surface area contributed by atoms with Gasteiger partial charge in [0.1, 0.15) is 12.0 Å². The summed E-state index contributed by atoms with van der Waals surface area (Å²) in [6.07, 6.45) is -4.10. The van der Waals surface area contributed by atoms with Gasteiger partial charge < -0.3 is 14.8 Å². The number of Topliss-reactive ketones (excluding diaryl/α,β-unsaturated/α-hetero) is 1. The number of alkyl halides is 3. The maximum absolute atomic E-state index is 13.2. The van der Waals surface area contributed by atoms with Gasteiger partial charge in [-0.2, -0.15) is 13.2 Å². The van der Waals surface area contributed by atoms with Crippen molar-refractivity contribution in [3.05, 3.63) is 35.4 Å². The number of carbonyl (C=O) groups excluding carboxylic acids is 3. The van der Waals surface area contributed by atoms with Crippen molar-refractivity contribution in [1.82, 2.24) is 5.32 Å². The van der Waals surface area contributed by atoms with E-state index < -0.39 is 41.2 Å². The Balaban J connectivity index is 2.21. The summed E-state index contributed by atoms with van der Waals surface area (Å²) in [5.74, 6) is -2.49. The third-order valence-electron chi connectivity index (χ3n) is 5.39. The normalized spacial score (nSPS) is 21.0. The summed E-state index contributed by atoms with van der Waals surface area (Å²) in [5, 5.41) is 3.17. The van der Waals surface area contributed by atoms with Gasteiger partial charge in [-0.15, -0.1) is 0 Å². The highest BCUT2D eigenvalue weighted by atomic mass is 19.4. The molecule has 0 amide bonds. The van der Waals surface area contributed by atoms with Crippen LogP contribution in [0.15, 0.2) is 24.3 Å². The monoisotopic (exact) mass is 429 g/mol. The molecule has 3 atom stereocenters. The lowest BCUT2D eigenvalue weighted by atomic mass is 9.80. The molecular weight excluding hydrogens is 403 g/mol. The molecule has 1 heterocycles. The van der Waals surface area contributed by atoms with Crippen LogP contribution >= 0.6 is 0 Å². The standard InChI is InChI=1S/C21H26F3NO5/c1-13(30-14(2)26)17(19(28)29-3)11-18(27)20(9-4-10-25-20)12-15-5-7-16(8-6-15)21(22,23)24/h5-8,13,17,25H,4,9-12H2,1-3H3. The molecule has 0 aromatic heterocycles. The lowest BCUT2D eigenvalue weighted by Crippen LogP contribution is -2.51. The second-order valence-corrected chi connectivity index (χ2v) is 7.56. The van der Waals surface area contributed by atoms with Crippen molar-refractivity contribution in [2.45, 2.75) is 57.3 Å². The predicted octanol–water partition coefficient (Wildman–Crippen LogP) is 3.07. The minimum absolute atomic E-state index is 0.194. The number of hydrogen-bond acceptors (Lipinski definition) is 6. The number of halogens is 3. The molecule has 2 rings (SSSR count). The van der Waals surface area contributed by atoms with Gasteiger partial charge >= 0.3 is 18.1 Å². The molecule has 1 aromatic rings. The van der Waals surface area contributed by atoms with Gasteiger partial charge in [0.15, 0.2) is 5.78 Å². The van der Waals surface area contributed by atoms with E-state index in [1.165, 1.54) is 33.1 Å². The number of ketones is 1. The highest BCUT2D eigenvalue weighted by molar-refractivity contribution is 5.92. The summed E-state index contributed by atoms with van der Waals surface area (Å²) in [5.41, 5.74) is -1.18. The molecule has 0 radical (unpaired) electrons. The van der Waals surface area contributed by atoms with Crippen LogP contribution in [0.3, 0.4) is 0 Å². The van der Waals surface area contributed by atoms with Gasteiger partial charge in [0.05, 0.1) is 18.2 Å². The Hall–Kier alpha value is -2.42. The average molecular weight is 429 g/mol. The van der Waals surface area contributed by atoms with Gasteiger partial charge in [0, 0.05) is 13.3 Å². The van der Waals surface area contributed by atoms with E-state index in [2.05, 4.69) is 5.32 Å². The van der Waals surface area contributed by atoms with E-state index in [0.717, 1.165) is 18.6 Å². The lowest BCUT2D eigenvalue weighted by Gasteiger charge is -2.31. The van der Waals surface area contributed by atoms with Crippen molar-refractivity contribution in [3.8, 4) is 0 Å². The van der Waals surface area contributed by atoms with Crippen LogP contribution in [0, 0.1) is 5.92 Å². The lowest BCUT2D eigenvalue weighted by molar-refractivity contribution is -0.160. The maximum Gasteiger partial charge on any atom is 0.416 e. The van der Waals surface area contributed by atoms with E-state index in [-0.39, 0.29) is 18.6 Å². The summed E-state index contributed by atoms with van der Waals surface area (Å²) < 4.78 is 48.2. The Morgan fingerprint density at radius 3 is 2.30 bits per heavy atom. The molecule has 0 bridgehead atoms. The van der Waals surface area contributed by atoms with Crippen molar-refractivity contribution in [3.63, 3.8) is 0 Å². The number of esters is 2. The molecule has 1 aliphatic heterocycles. The molecule has 1 fully saturated rings. The molecule has 1 saturated heterocycles.